The molecule has 1 aromatic carbocycles. The molecule has 20 heavy (non-hydrogen) atoms. The second-order valence-electron chi connectivity index (χ2n) is 4.09. The molecule has 0 saturated carbocycles. The lowest BCUT2D eigenvalue weighted by atomic mass is 10.3. The highest BCUT2D eigenvalue weighted by atomic mass is 32.2. The number of para-hydroxylation sites is 1. The van der Waals surface area contributed by atoms with Crippen molar-refractivity contribution in [3.63, 3.8) is 0 Å². The molecular weight excluding hydrogens is 304 g/mol. The van der Waals surface area contributed by atoms with Gasteiger partial charge in [0.2, 0.25) is 10.0 Å². The topological polar surface area (TPSA) is 110 Å². The molecule has 7 nitrogen and oxygen atoms in total. The van der Waals surface area contributed by atoms with E-state index in [1.807, 2.05) is 0 Å². The zero-order valence-electron chi connectivity index (χ0n) is 11.0. The largest absolute Gasteiger partial charge is 0.395 e. The van der Waals surface area contributed by atoms with Crippen molar-refractivity contribution >= 4 is 27.5 Å². The highest BCUT2D eigenvalue weighted by Gasteiger charge is 2.28. The molecule has 2 unspecified atom stereocenters. The lowest BCUT2D eigenvalue weighted by molar-refractivity contribution is -0.387. The van der Waals surface area contributed by atoms with Crippen molar-refractivity contribution in [3.05, 3.63) is 34.4 Å². The average Bonchev–Trinajstić information content (AvgIpc) is 2.39. The van der Waals surface area contributed by atoms with Gasteiger partial charge in [-0.05, 0) is 19.2 Å². The Labute approximate surface area is 121 Å². The molecule has 2 N–H and O–H groups in total. The van der Waals surface area contributed by atoms with Gasteiger partial charge in [-0.2, -0.15) is 11.8 Å². The predicted molar refractivity (Wildman–Crippen MR) is 77.3 cm³/mol. The van der Waals surface area contributed by atoms with Gasteiger partial charge in [0.05, 0.1) is 11.5 Å². The SMILES string of the molecule is CSC(CO)C(C)NS(=O)(=O)c1ccccc1[N+](=O)[O-]. The van der Waals surface area contributed by atoms with Crippen molar-refractivity contribution in [1.29, 1.82) is 0 Å². The van der Waals surface area contributed by atoms with E-state index in [1.165, 1.54) is 30.0 Å². The summed E-state index contributed by atoms with van der Waals surface area (Å²) in [6, 6.07) is 4.58. The van der Waals surface area contributed by atoms with Crippen molar-refractivity contribution in [1.82, 2.24) is 4.72 Å². The first-order chi connectivity index (χ1) is 9.33. The number of sulfonamides is 1. The summed E-state index contributed by atoms with van der Waals surface area (Å²) in [5.41, 5.74) is -0.475. The van der Waals surface area contributed by atoms with Gasteiger partial charge in [-0.1, -0.05) is 12.1 Å². The molecule has 0 radical (unpaired) electrons. The maximum absolute atomic E-state index is 12.2. The van der Waals surface area contributed by atoms with E-state index in [0.717, 1.165) is 6.07 Å². The summed E-state index contributed by atoms with van der Waals surface area (Å²) in [4.78, 5) is 9.75. The van der Waals surface area contributed by atoms with Crippen LogP contribution in [0.1, 0.15) is 6.92 Å². The molecule has 0 aliphatic carbocycles. The van der Waals surface area contributed by atoms with Gasteiger partial charge >= 0.3 is 0 Å². The third kappa shape index (κ3) is 3.92. The van der Waals surface area contributed by atoms with Crippen LogP contribution in [0, 0.1) is 10.1 Å². The van der Waals surface area contributed by atoms with Gasteiger partial charge in [0.15, 0.2) is 4.90 Å². The van der Waals surface area contributed by atoms with Crippen molar-refractivity contribution in [3.8, 4) is 0 Å². The van der Waals surface area contributed by atoms with Gasteiger partial charge in [-0.3, -0.25) is 10.1 Å². The van der Waals surface area contributed by atoms with E-state index in [2.05, 4.69) is 4.72 Å². The molecular formula is C11H16N2O5S2. The minimum atomic E-state index is -4.02. The van der Waals surface area contributed by atoms with Crippen molar-refractivity contribution < 1.29 is 18.4 Å². The average molecular weight is 320 g/mol. The van der Waals surface area contributed by atoms with Crippen LogP contribution in [0.25, 0.3) is 0 Å². The summed E-state index contributed by atoms with van der Waals surface area (Å²) in [5, 5.41) is 19.7. The lowest BCUT2D eigenvalue weighted by Crippen LogP contribution is -2.41. The third-order valence-corrected chi connectivity index (χ3v) is 5.50. The molecule has 0 saturated heterocycles. The smallest absolute Gasteiger partial charge is 0.289 e. The van der Waals surface area contributed by atoms with E-state index < -0.39 is 26.7 Å². The molecule has 112 valence electrons. The van der Waals surface area contributed by atoms with Crippen molar-refractivity contribution in [2.24, 2.45) is 0 Å². The summed E-state index contributed by atoms with van der Waals surface area (Å²) in [6.45, 7) is 1.41. The Morgan fingerprint density at radius 2 is 2.05 bits per heavy atom. The number of aliphatic hydroxyl groups excluding tert-OH is 1. The summed E-state index contributed by atoms with van der Waals surface area (Å²) < 4.78 is 26.8. The zero-order valence-corrected chi connectivity index (χ0v) is 12.6. The number of nitro benzene ring substituents is 1. The van der Waals surface area contributed by atoms with Crippen LogP contribution >= 0.6 is 11.8 Å². The Morgan fingerprint density at radius 1 is 1.45 bits per heavy atom. The summed E-state index contributed by atoms with van der Waals surface area (Å²) in [7, 11) is -4.02. The Hall–Kier alpha value is -1.16. The highest BCUT2D eigenvalue weighted by molar-refractivity contribution is 7.99. The first-order valence-corrected chi connectivity index (χ1v) is 8.50. The Balaban J connectivity index is 3.09. The van der Waals surface area contributed by atoms with Crippen LogP contribution in [0.2, 0.25) is 0 Å². The van der Waals surface area contributed by atoms with E-state index in [0.29, 0.717) is 0 Å². The maximum atomic E-state index is 12.2. The molecule has 0 aliphatic heterocycles. The number of rotatable bonds is 7. The minimum Gasteiger partial charge on any atom is -0.395 e. The molecule has 0 aliphatic rings. The van der Waals surface area contributed by atoms with Crippen LogP contribution in [-0.4, -0.2) is 42.6 Å². The van der Waals surface area contributed by atoms with Crippen LogP contribution in [0.5, 0.6) is 0 Å². The van der Waals surface area contributed by atoms with E-state index >= 15 is 0 Å². The van der Waals surface area contributed by atoms with E-state index in [1.54, 1.807) is 13.2 Å². The predicted octanol–water partition coefficient (Wildman–Crippen LogP) is 0.985. The van der Waals surface area contributed by atoms with E-state index in [4.69, 9.17) is 5.11 Å². The second-order valence-corrected chi connectivity index (χ2v) is 6.85. The Kier molecular flexibility index (Phi) is 5.93. The molecule has 9 heteroatoms. The molecule has 1 aromatic rings. The fourth-order valence-electron chi connectivity index (χ4n) is 1.66. The monoisotopic (exact) mass is 320 g/mol. The Morgan fingerprint density at radius 3 is 2.55 bits per heavy atom. The van der Waals surface area contributed by atoms with Crippen LogP contribution in [0.3, 0.4) is 0 Å². The summed E-state index contributed by atoms with van der Waals surface area (Å²) in [5.74, 6) is 0. The summed E-state index contributed by atoms with van der Waals surface area (Å²) >= 11 is 1.31. The van der Waals surface area contributed by atoms with Crippen LogP contribution in [0.4, 0.5) is 5.69 Å². The standard InChI is InChI=1S/C11H16N2O5S2/c1-8(10(7-14)19-2)12-20(17,18)11-6-4-3-5-9(11)13(15)16/h3-6,8,10,12,14H,7H2,1-2H3. The molecule has 0 fully saturated rings. The van der Waals surface area contributed by atoms with E-state index in [9.17, 15) is 18.5 Å². The van der Waals surface area contributed by atoms with Gasteiger partial charge in [0.1, 0.15) is 0 Å². The molecule has 0 spiro atoms. The first kappa shape index (κ1) is 16.9. The van der Waals surface area contributed by atoms with Crippen LogP contribution in [0.15, 0.2) is 29.2 Å². The normalized spacial score (nSPS) is 14.8. The number of benzene rings is 1. The molecule has 1 rings (SSSR count). The van der Waals surface area contributed by atoms with Gasteiger partial charge in [-0.15, -0.1) is 0 Å². The number of thioether (sulfide) groups is 1. The first-order valence-electron chi connectivity index (χ1n) is 5.73. The molecule has 0 bridgehead atoms. The number of hydrogen-bond donors (Lipinski definition) is 2. The van der Waals surface area contributed by atoms with Crippen molar-refractivity contribution in [2.45, 2.75) is 23.1 Å². The van der Waals surface area contributed by atoms with E-state index in [-0.39, 0.29) is 16.8 Å². The van der Waals surface area contributed by atoms with Gasteiger partial charge < -0.3 is 5.11 Å². The quantitative estimate of drug-likeness (QED) is 0.572. The highest BCUT2D eigenvalue weighted by Crippen LogP contribution is 2.23. The van der Waals surface area contributed by atoms with Crippen LogP contribution < -0.4 is 4.72 Å². The van der Waals surface area contributed by atoms with Crippen LogP contribution in [-0.2, 0) is 10.0 Å². The fourth-order valence-corrected chi connectivity index (χ4v) is 3.82. The third-order valence-electron chi connectivity index (χ3n) is 2.73. The minimum absolute atomic E-state index is 0.193. The second kappa shape index (κ2) is 7.02. The number of nitrogens with zero attached hydrogens (tertiary/aromatic N) is 1. The number of hydrogen-bond acceptors (Lipinski definition) is 6. The lowest BCUT2D eigenvalue weighted by Gasteiger charge is -2.21. The zero-order chi connectivity index (χ0) is 15.3. The maximum Gasteiger partial charge on any atom is 0.289 e. The number of nitrogens with one attached hydrogen (secondary N) is 1. The molecule has 0 amide bonds. The molecule has 2 atom stereocenters. The van der Waals surface area contributed by atoms with Gasteiger partial charge in [0, 0.05) is 17.4 Å². The van der Waals surface area contributed by atoms with Gasteiger partial charge in [-0.25, -0.2) is 13.1 Å². The Bertz CT molecular complexity index is 572. The van der Waals surface area contributed by atoms with Gasteiger partial charge in [0.25, 0.3) is 5.69 Å². The number of aliphatic hydroxyl groups is 1. The molecule has 0 aromatic heterocycles. The molecule has 0 heterocycles. The fraction of sp³-hybridized carbons (Fsp3) is 0.455. The summed E-state index contributed by atoms with van der Waals surface area (Å²) in [6.07, 6.45) is 1.75. The number of nitro groups is 1. The van der Waals surface area contributed by atoms with Crippen molar-refractivity contribution in [2.75, 3.05) is 12.9 Å².